The number of hydrogen-bond donors (Lipinski definition) is 2. The molecular formula is C18H21N3. The molecule has 108 valence electrons. The molecule has 3 N–H and O–H groups in total. The molecule has 3 nitrogen and oxygen atoms in total. The van der Waals surface area contributed by atoms with Crippen molar-refractivity contribution in [3.8, 4) is 6.07 Å². The molecule has 0 spiro atoms. The summed E-state index contributed by atoms with van der Waals surface area (Å²) in [4.78, 5) is 0. The molecule has 0 heterocycles. The fourth-order valence-corrected chi connectivity index (χ4v) is 3.40. The molecule has 0 saturated heterocycles. The number of nitrogens with zero attached hydrogens (tertiary/aromatic N) is 1. The number of benzene rings is 2. The third-order valence-electron chi connectivity index (χ3n) is 4.60. The summed E-state index contributed by atoms with van der Waals surface area (Å²) in [6.07, 6.45) is 4.94. The maximum Gasteiger partial charge on any atom is 0.0998 e. The largest absolute Gasteiger partial charge is 0.381 e. The normalized spacial score (nSPS) is 21.9. The zero-order valence-corrected chi connectivity index (χ0v) is 12.2. The minimum atomic E-state index is 0.445. The van der Waals surface area contributed by atoms with Crippen LogP contribution in [0.5, 0.6) is 0 Å². The molecule has 1 aliphatic rings. The van der Waals surface area contributed by atoms with Crippen molar-refractivity contribution in [1.29, 1.82) is 5.26 Å². The molecule has 3 rings (SSSR count). The van der Waals surface area contributed by atoms with E-state index >= 15 is 0 Å². The van der Waals surface area contributed by atoms with E-state index in [9.17, 15) is 5.26 Å². The van der Waals surface area contributed by atoms with Gasteiger partial charge < -0.3 is 11.1 Å². The average molecular weight is 279 g/mol. The third-order valence-corrected chi connectivity index (χ3v) is 4.60. The summed E-state index contributed by atoms with van der Waals surface area (Å²) in [6.45, 7) is 0.742. The molecule has 1 aliphatic carbocycles. The molecule has 1 saturated carbocycles. The lowest BCUT2D eigenvalue weighted by molar-refractivity contribution is 0.333. The second-order valence-electron chi connectivity index (χ2n) is 5.85. The molecule has 2 aromatic rings. The van der Waals surface area contributed by atoms with Gasteiger partial charge in [0.05, 0.1) is 11.6 Å². The number of fused-ring (bicyclic) bond motifs is 1. The average Bonchev–Trinajstić information content (AvgIpc) is 2.55. The first-order valence-electron chi connectivity index (χ1n) is 7.72. The SMILES string of the molecule is N#Cc1ccc(NC2CCCCC2CN)c2ccccc12. The number of nitrogens with two attached hydrogens (primary N) is 1. The van der Waals surface area contributed by atoms with Gasteiger partial charge in [0, 0.05) is 22.5 Å². The Morgan fingerprint density at radius 2 is 1.86 bits per heavy atom. The van der Waals surface area contributed by atoms with Gasteiger partial charge in [-0.25, -0.2) is 0 Å². The molecule has 3 heteroatoms. The summed E-state index contributed by atoms with van der Waals surface area (Å²) in [7, 11) is 0. The highest BCUT2D eigenvalue weighted by molar-refractivity contribution is 5.97. The van der Waals surface area contributed by atoms with Crippen LogP contribution in [-0.4, -0.2) is 12.6 Å². The van der Waals surface area contributed by atoms with E-state index in [1.807, 2.05) is 30.3 Å². The van der Waals surface area contributed by atoms with E-state index in [0.717, 1.165) is 28.6 Å². The fraction of sp³-hybridized carbons (Fsp3) is 0.389. The van der Waals surface area contributed by atoms with Crippen LogP contribution in [0.2, 0.25) is 0 Å². The predicted molar refractivity (Wildman–Crippen MR) is 87.1 cm³/mol. The predicted octanol–water partition coefficient (Wildman–Crippen LogP) is 3.64. The Bertz CT molecular complexity index is 672. The van der Waals surface area contributed by atoms with Gasteiger partial charge in [0.15, 0.2) is 0 Å². The van der Waals surface area contributed by atoms with Crippen LogP contribution in [0.3, 0.4) is 0 Å². The summed E-state index contributed by atoms with van der Waals surface area (Å²) in [5.74, 6) is 0.549. The van der Waals surface area contributed by atoms with Gasteiger partial charge in [0.25, 0.3) is 0 Å². The summed E-state index contributed by atoms with van der Waals surface area (Å²) in [5, 5.41) is 15.1. The zero-order valence-electron chi connectivity index (χ0n) is 12.2. The molecule has 2 unspecified atom stereocenters. The Morgan fingerprint density at radius 3 is 2.62 bits per heavy atom. The number of nitrogens with one attached hydrogen (secondary N) is 1. The maximum absolute atomic E-state index is 9.24. The van der Waals surface area contributed by atoms with Crippen LogP contribution in [0.25, 0.3) is 10.8 Å². The fourth-order valence-electron chi connectivity index (χ4n) is 3.40. The highest BCUT2D eigenvalue weighted by Gasteiger charge is 2.24. The van der Waals surface area contributed by atoms with Gasteiger partial charge in [-0.3, -0.25) is 0 Å². The first-order valence-corrected chi connectivity index (χ1v) is 7.72. The monoisotopic (exact) mass is 279 g/mol. The van der Waals surface area contributed by atoms with E-state index in [-0.39, 0.29) is 0 Å². The summed E-state index contributed by atoms with van der Waals surface area (Å²) >= 11 is 0. The minimum absolute atomic E-state index is 0.445. The Kier molecular flexibility index (Phi) is 4.08. The summed E-state index contributed by atoms with van der Waals surface area (Å²) in [5.41, 5.74) is 7.77. The molecule has 0 aliphatic heterocycles. The van der Waals surface area contributed by atoms with Gasteiger partial charge >= 0.3 is 0 Å². The van der Waals surface area contributed by atoms with E-state index < -0.39 is 0 Å². The molecule has 21 heavy (non-hydrogen) atoms. The van der Waals surface area contributed by atoms with Gasteiger partial charge in [0.1, 0.15) is 0 Å². The number of nitriles is 1. The lowest BCUT2D eigenvalue weighted by Gasteiger charge is -2.32. The lowest BCUT2D eigenvalue weighted by Crippen LogP contribution is -2.36. The summed E-state index contributed by atoms with van der Waals surface area (Å²) in [6, 6.07) is 14.8. The second-order valence-corrected chi connectivity index (χ2v) is 5.85. The van der Waals surface area contributed by atoms with Crippen LogP contribution in [0.4, 0.5) is 5.69 Å². The van der Waals surface area contributed by atoms with Crippen LogP contribution in [0, 0.1) is 17.2 Å². The standard InChI is InChI=1S/C18H21N3/c19-11-13-9-10-18(16-7-3-2-6-15(13)16)21-17-8-4-1-5-14(17)12-20/h2-3,6-7,9-10,14,17,21H,1,4-5,8,12,20H2. The van der Waals surface area contributed by atoms with Crippen molar-refractivity contribution in [3.05, 3.63) is 42.0 Å². The van der Waals surface area contributed by atoms with E-state index in [0.29, 0.717) is 12.0 Å². The van der Waals surface area contributed by atoms with Crippen LogP contribution >= 0.6 is 0 Å². The molecule has 0 radical (unpaired) electrons. The van der Waals surface area contributed by atoms with E-state index in [1.54, 1.807) is 0 Å². The third kappa shape index (κ3) is 2.72. The molecule has 0 bridgehead atoms. The first kappa shape index (κ1) is 13.9. The molecule has 1 fully saturated rings. The second kappa shape index (κ2) is 6.15. The molecule has 2 aromatic carbocycles. The van der Waals surface area contributed by atoms with Crippen molar-refractivity contribution in [2.24, 2.45) is 11.7 Å². The maximum atomic E-state index is 9.24. The quantitative estimate of drug-likeness (QED) is 0.901. The zero-order chi connectivity index (χ0) is 14.7. The highest BCUT2D eigenvalue weighted by Crippen LogP contribution is 2.31. The van der Waals surface area contributed by atoms with E-state index in [4.69, 9.17) is 5.73 Å². The first-order chi connectivity index (χ1) is 10.3. The van der Waals surface area contributed by atoms with Crippen LogP contribution < -0.4 is 11.1 Å². The van der Waals surface area contributed by atoms with Gasteiger partial charge in [-0.2, -0.15) is 5.26 Å². The van der Waals surface area contributed by atoms with E-state index in [1.165, 1.54) is 25.7 Å². The number of rotatable bonds is 3. The van der Waals surface area contributed by atoms with Crippen molar-refractivity contribution in [2.45, 2.75) is 31.7 Å². The Hall–Kier alpha value is -2.05. The Morgan fingerprint density at radius 1 is 1.10 bits per heavy atom. The highest BCUT2D eigenvalue weighted by atomic mass is 14.9. The topological polar surface area (TPSA) is 61.8 Å². The lowest BCUT2D eigenvalue weighted by atomic mass is 9.84. The van der Waals surface area contributed by atoms with Crippen molar-refractivity contribution >= 4 is 16.5 Å². The van der Waals surface area contributed by atoms with Gasteiger partial charge in [-0.1, -0.05) is 37.1 Å². The van der Waals surface area contributed by atoms with Crippen molar-refractivity contribution in [3.63, 3.8) is 0 Å². The number of anilines is 1. The van der Waals surface area contributed by atoms with Gasteiger partial charge in [-0.05, 0) is 37.4 Å². The van der Waals surface area contributed by atoms with Crippen LogP contribution in [-0.2, 0) is 0 Å². The van der Waals surface area contributed by atoms with E-state index in [2.05, 4.69) is 17.5 Å². The minimum Gasteiger partial charge on any atom is -0.381 e. The Balaban J connectivity index is 1.96. The summed E-state index contributed by atoms with van der Waals surface area (Å²) < 4.78 is 0. The van der Waals surface area contributed by atoms with Gasteiger partial charge in [-0.15, -0.1) is 0 Å². The molecule has 2 atom stereocenters. The van der Waals surface area contributed by atoms with Crippen molar-refractivity contribution in [2.75, 3.05) is 11.9 Å². The van der Waals surface area contributed by atoms with Crippen molar-refractivity contribution < 1.29 is 0 Å². The smallest absolute Gasteiger partial charge is 0.0998 e. The van der Waals surface area contributed by atoms with Crippen LogP contribution in [0.15, 0.2) is 36.4 Å². The van der Waals surface area contributed by atoms with Gasteiger partial charge in [0.2, 0.25) is 0 Å². The molecule has 0 amide bonds. The Labute approximate surface area is 125 Å². The number of hydrogen-bond acceptors (Lipinski definition) is 3. The van der Waals surface area contributed by atoms with Crippen LogP contribution in [0.1, 0.15) is 31.2 Å². The molecular weight excluding hydrogens is 258 g/mol. The molecule has 0 aromatic heterocycles. The van der Waals surface area contributed by atoms with Crippen molar-refractivity contribution in [1.82, 2.24) is 0 Å².